The van der Waals surface area contributed by atoms with Crippen LogP contribution in [0.1, 0.15) is 36.5 Å². The number of carbonyl (C=O) groups is 2. The van der Waals surface area contributed by atoms with Gasteiger partial charge in [0.25, 0.3) is 10.0 Å². The van der Waals surface area contributed by atoms with Gasteiger partial charge >= 0.3 is 0 Å². The second-order valence-electron chi connectivity index (χ2n) is 11.1. The molecule has 4 rings (SSSR count). The Hall–Kier alpha value is -4.05. The van der Waals surface area contributed by atoms with Gasteiger partial charge in [-0.15, -0.1) is 0 Å². The Bertz CT molecular complexity index is 1770. The summed E-state index contributed by atoms with van der Waals surface area (Å²) in [6.45, 7) is 3.71. The molecule has 0 bridgehead atoms. The highest BCUT2D eigenvalue weighted by Gasteiger charge is 2.34. The highest BCUT2D eigenvalue weighted by Crippen LogP contribution is 2.29. The average molecular weight is 697 g/mol. The molecule has 4 aromatic rings. The first-order chi connectivity index (χ1) is 22.5. The Balaban J connectivity index is 1.82. The standard InChI is InChI=1S/C36H39Cl2N3O5S/c1-4-5-20-39-36(43)34(22-27-10-7-6-8-11-27)40(24-28-16-19-32(37)33(38)21-28)35(42)25-41(29-12-9-13-30(23-29)46-3)47(44,45)31-17-14-26(2)15-18-31/h6-19,21,23,34H,4-5,20,22,24-25H2,1-3H3,(H,39,43). The van der Waals surface area contributed by atoms with Crippen LogP contribution in [0.3, 0.4) is 0 Å². The van der Waals surface area contributed by atoms with Gasteiger partial charge in [0.2, 0.25) is 11.8 Å². The van der Waals surface area contributed by atoms with Crippen LogP contribution < -0.4 is 14.4 Å². The number of halogens is 2. The number of sulfonamides is 1. The van der Waals surface area contributed by atoms with Gasteiger partial charge < -0.3 is 15.0 Å². The molecule has 0 saturated carbocycles. The summed E-state index contributed by atoms with van der Waals surface area (Å²) < 4.78 is 34.9. The van der Waals surface area contributed by atoms with Crippen LogP contribution in [0, 0.1) is 6.92 Å². The monoisotopic (exact) mass is 695 g/mol. The minimum Gasteiger partial charge on any atom is -0.497 e. The van der Waals surface area contributed by atoms with Crippen LogP contribution in [-0.2, 0) is 32.6 Å². The molecule has 0 aliphatic rings. The number of benzene rings is 4. The van der Waals surface area contributed by atoms with Gasteiger partial charge in [-0.1, -0.05) is 96.7 Å². The number of rotatable bonds is 15. The SMILES string of the molecule is CCCCNC(=O)C(Cc1ccccc1)N(Cc1ccc(Cl)c(Cl)c1)C(=O)CN(c1cccc(OC)c1)S(=O)(=O)c1ccc(C)cc1. The summed E-state index contributed by atoms with van der Waals surface area (Å²) in [5.41, 5.74) is 2.59. The number of methoxy groups -OCH3 is 1. The molecule has 0 radical (unpaired) electrons. The van der Waals surface area contributed by atoms with Crippen molar-refractivity contribution in [1.29, 1.82) is 0 Å². The van der Waals surface area contributed by atoms with Gasteiger partial charge in [-0.25, -0.2) is 8.42 Å². The Morgan fingerprint density at radius 3 is 2.26 bits per heavy atom. The minimum atomic E-state index is -4.24. The number of anilines is 1. The second-order valence-corrected chi connectivity index (χ2v) is 13.8. The van der Waals surface area contributed by atoms with E-state index < -0.39 is 28.5 Å². The summed E-state index contributed by atoms with van der Waals surface area (Å²) in [6.07, 6.45) is 1.85. The maximum absolute atomic E-state index is 14.6. The van der Waals surface area contributed by atoms with E-state index in [1.807, 2.05) is 44.2 Å². The van der Waals surface area contributed by atoms with Gasteiger partial charge in [-0.05, 0) is 60.9 Å². The van der Waals surface area contributed by atoms with Crippen LogP contribution in [0.4, 0.5) is 5.69 Å². The molecule has 2 amide bonds. The van der Waals surface area contributed by atoms with Crippen molar-refractivity contribution in [2.75, 3.05) is 24.5 Å². The molecule has 0 heterocycles. The summed E-state index contributed by atoms with van der Waals surface area (Å²) >= 11 is 12.5. The lowest BCUT2D eigenvalue weighted by Gasteiger charge is -2.34. The largest absolute Gasteiger partial charge is 0.497 e. The number of ether oxygens (including phenoxy) is 1. The normalized spacial score (nSPS) is 11.9. The van der Waals surface area contributed by atoms with Gasteiger partial charge in [-0.3, -0.25) is 13.9 Å². The molecule has 47 heavy (non-hydrogen) atoms. The number of amides is 2. The number of nitrogens with zero attached hydrogens (tertiary/aromatic N) is 2. The van der Waals surface area contributed by atoms with Crippen LogP contribution in [0.15, 0.2) is 102 Å². The first kappa shape index (κ1) is 35.8. The average Bonchev–Trinajstić information content (AvgIpc) is 3.07. The van der Waals surface area contributed by atoms with Crippen LogP contribution in [0.2, 0.25) is 10.0 Å². The van der Waals surface area contributed by atoms with Crippen LogP contribution in [0.5, 0.6) is 5.75 Å². The zero-order chi connectivity index (χ0) is 34.0. The molecule has 1 atom stereocenters. The molecule has 1 unspecified atom stereocenters. The van der Waals surface area contributed by atoms with Crippen molar-refractivity contribution in [3.05, 3.63) is 124 Å². The first-order valence-electron chi connectivity index (χ1n) is 15.3. The van der Waals surface area contributed by atoms with Crippen LogP contribution in [0.25, 0.3) is 0 Å². The quantitative estimate of drug-likeness (QED) is 0.134. The highest BCUT2D eigenvalue weighted by molar-refractivity contribution is 7.92. The molecule has 4 aromatic carbocycles. The highest BCUT2D eigenvalue weighted by atomic mass is 35.5. The van der Waals surface area contributed by atoms with Gasteiger partial charge in [0, 0.05) is 25.6 Å². The van der Waals surface area contributed by atoms with Gasteiger partial charge in [0.15, 0.2) is 0 Å². The predicted octanol–water partition coefficient (Wildman–Crippen LogP) is 7.06. The van der Waals surface area contributed by atoms with Crippen molar-refractivity contribution >= 4 is 50.7 Å². The van der Waals surface area contributed by atoms with E-state index in [-0.39, 0.29) is 29.5 Å². The molecule has 0 fully saturated rings. The summed E-state index contributed by atoms with van der Waals surface area (Å²) in [4.78, 5) is 29.9. The van der Waals surface area contributed by atoms with Crippen molar-refractivity contribution < 1.29 is 22.7 Å². The van der Waals surface area contributed by atoms with E-state index in [1.54, 1.807) is 54.6 Å². The fourth-order valence-electron chi connectivity index (χ4n) is 5.03. The summed E-state index contributed by atoms with van der Waals surface area (Å²) in [6, 6.07) is 26.3. The lowest BCUT2D eigenvalue weighted by Crippen LogP contribution is -2.53. The Morgan fingerprint density at radius 2 is 1.60 bits per heavy atom. The van der Waals surface area contributed by atoms with E-state index in [0.29, 0.717) is 27.9 Å². The fourth-order valence-corrected chi connectivity index (χ4v) is 6.75. The molecule has 0 aliphatic carbocycles. The zero-order valence-corrected chi connectivity index (χ0v) is 29.0. The summed E-state index contributed by atoms with van der Waals surface area (Å²) in [5, 5.41) is 3.62. The third-order valence-electron chi connectivity index (χ3n) is 7.67. The van der Waals surface area contributed by atoms with Crippen LogP contribution in [-0.4, -0.2) is 51.4 Å². The molecular weight excluding hydrogens is 657 g/mol. The fraction of sp³-hybridized carbons (Fsp3) is 0.278. The number of hydrogen-bond donors (Lipinski definition) is 1. The van der Waals surface area contributed by atoms with Crippen molar-refractivity contribution in [1.82, 2.24) is 10.2 Å². The molecule has 8 nitrogen and oxygen atoms in total. The Labute approximate surface area is 287 Å². The minimum absolute atomic E-state index is 0.0212. The number of nitrogens with one attached hydrogen (secondary N) is 1. The topological polar surface area (TPSA) is 96.0 Å². The lowest BCUT2D eigenvalue weighted by atomic mass is 10.0. The molecule has 0 aromatic heterocycles. The number of unbranched alkanes of at least 4 members (excludes halogenated alkanes) is 1. The van der Waals surface area contributed by atoms with Crippen molar-refractivity contribution in [2.45, 2.75) is 50.6 Å². The lowest BCUT2D eigenvalue weighted by molar-refractivity contribution is -0.140. The van der Waals surface area contributed by atoms with E-state index in [2.05, 4.69) is 5.32 Å². The van der Waals surface area contributed by atoms with Gasteiger partial charge in [0.05, 0.1) is 27.7 Å². The molecule has 0 saturated heterocycles. The maximum atomic E-state index is 14.6. The zero-order valence-electron chi connectivity index (χ0n) is 26.7. The summed E-state index contributed by atoms with van der Waals surface area (Å²) in [7, 11) is -2.76. The predicted molar refractivity (Wildman–Crippen MR) is 188 cm³/mol. The van der Waals surface area contributed by atoms with E-state index in [4.69, 9.17) is 27.9 Å². The Kier molecular flexibility index (Phi) is 12.7. The molecule has 11 heteroatoms. The van der Waals surface area contributed by atoms with E-state index >= 15 is 0 Å². The van der Waals surface area contributed by atoms with Gasteiger partial charge in [0.1, 0.15) is 18.3 Å². The second kappa shape index (κ2) is 16.7. The third kappa shape index (κ3) is 9.50. The third-order valence-corrected chi connectivity index (χ3v) is 10.2. The molecule has 0 aliphatic heterocycles. The van der Waals surface area contributed by atoms with E-state index in [1.165, 1.54) is 24.1 Å². The van der Waals surface area contributed by atoms with Crippen LogP contribution >= 0.6 is 23.2 Å². The van der Waals surface area contributed by atoms with Gasteiger partial charge in [-0.2, -0.15) is 0 Å². The molecule has 1 N–H and O–H groups in total. The molecule has 0 spiro atoms. The van der Waals surface area contributed by atoms with Crippen molar-refractivity contribution in [3.63, 3.8) is 0 Å². The Morgan fingerprint density at radius 1 is 0.872 bits per heavy atom. The molecular formula is C36H39Cl2N3O5S. The van der Waals surface area contributed by atoms with Crippen molar-refractivity contribution in [2.24, 2.45) is 0 Å². The number of aryl methyl sites for hydroxylation is 1. The van der Waals surface area contributed by atoms with E-state index in [9.17, 15) is 18.0 Å². The summed E-state index contributed by atoms with van der Waals surface area (Å²) in [5.74, 6) is -0.504. The molecule has 248 valence electrons. The smallest absolute Gasteiger partial charge is 0.264 e. The number of hydrogen-bond acceptors (Lipinski definition) is 5. The first-order valence-corrected chi connectivity index (χ1v) is 17.5. The maximum Gasteiger partial charge on any atom is 0.264 e. The van der Waals surface area contributed by atoms with Crippen molar-refractivity contribution in [3.8, 4) is 5.75 Å². The van der Waals surface area contributed by atoms with E-state index in [0.717, 1.165) is 28.3 Å². The number of carbonyl (C=O) groups excluding carboxylic acids is 2.